The molecule has 0 heterocycles. The fourth-order valence-electron chi connectivity index (χ4n) is 2.34. The van der Waals surface area contributed by atoms with Gasteiger partial charge in [-0.25, -0.2) is 8.42 Å². The molecule has 21 heavy (non-hydrogen) atoms. The molecule has 2 unspecified atom stereocenters. The fourth-order valence-corrected chi connectivity index (χ4v) is 3.22. The molecule has 122 valence electrons. The molecule has 0 radical (unpaired) electrons. The van der Waals surface area contributed by atoms with E-state index in [-0.39, 0.29) is 36.0 Å². The predicted octanol–water partition coefficient (Wildman–Crippen LogP) is 0.596. The average molecular weight is 330 g/mol. The number of aliphatic hydroxyl groups excluding tert-OH is 1. The maximum absolute atomic E-state index is 11.2. The smallest absolute Gasteiger partial charge is 0.748 e. The largest absolute Gasteiger partial charge is 1.00 e. The van der Waals surface area contributed by atoms with E-state index in [0.29, 0.717) is 19.3 Å². The molecule has 4 nitrogen and oxygen atoms in total. The van der Waals surface area contributed by atoms with Crippen LogP contribution in [-0.2, 0) is 10.1 Å². The van der Waals surface area contributed by atoms with Crippen LogP contribution in [0.4, 0.5) is 0 Å². The second-order valence-corrected chi connectivity index (χ2v) is 7.32. The minimum atomic E-state index is -4.23. The summed E-state index contributed by atoms with van der Waals surface area (Å²) in [5.74, 6) is 0. The first-order valence-electron chi connectivity index (χ1n) is 8.04. The summed E-state index contributed by atoms with van der Waals surface area (Å²) in [6, 6.07) is 0. The zero-order valence-electron chi connectivity index (χ0n) is 14.0. The zero-order chi connectivity index (χ0) is 15.4. The third-order valence-corrected chi connectivity index (χ3v) is 5.12. The van der Waals surface area contributed by atoms with Crippen molar-refractivity contribution in [2.75, 3.05) is 0 Å². The van der Waals surface area contributed by atoms with Crippen LogP contribution in [0.15, 0.2) is 0 Å². The van der Waals surface area contributed by atoms with Crippen molar-refractivity contribution in [3.63, 3.8) is 0 Å². The maximum atomic E-state index is 11.2. The van der Waals surface area contributed by atoms with Gasteiger partial charge in [0.2, 0.25) is 0 Å². The molecule has 0 aromatic heterocycles. The van der Waals surface area contributed by atoms with Crippen molar-refractivity contribution >= 4 is 10.1 Å². The van der Waals surface area contributed by atoms with Crippen LogP contribution in [0.2, 0.25) is 0 Å². The SMILES string of the molecule is CCCCCCCCCC(CCC(O)CC)S(=O)(=O)[O-].[Na+]. The van der Waals surface area contributed by atoms with Crippen molar-refractivity contribution in [2.45, 2.75) is 95.8 Å². The maximum Gasteiger partial charge on any atom is 1.00 e. The van der Waals surface area contributed by atoms with E-state index in [1.165, 1.54) is 25.7 Å². The first-order valence-corrected chi connectivity index (χ1v) is 9.51. The molecule has 0 bridgehead atoms. The number of rotatable bonds is 13. The van der Waals surface area contributed by atoms with E-state index >= 15 is 0 Å². The van der Waals surface area contributed by atoms with Crippen molar-refractivity contribution in [3.8, 4) is 0 Å². The van der Waals surface area contributed by atoms with Gasteiger partial charge in [-0.15, -0.1) is 0 Å². The topological polar surface area (TPSA) is 77.4 Å². The van der Waals surface area contributed by atoms with Crippen LogP contribution in [0.25, 0.3) is 0 Å². The minimum Gasteiger partial charge on any atom is -0.748 e. The Kier molecular flexibility index (Phi) is 16.6. The first kappa shape index (κ1) is 24.1. The van der Waals surface area contributed by atoms with Gasteiger partial charge < -0.3 is 9.66 Å². The van der Waals surface area contributed by atoms with Gasteiger partial charge in [-0.05, 0) is 25.7 Å². The number of hydrogen-bond acceptors (Lipinski definition) is 4. The van der Waals surface area contributed by atoms with Gasteiger partial charge >= 0.3 is 29.6 Å². The van der Waals surface area contributed by atoms with Gasteiger partial charge in [0, 0.05) is 5.25 Å². The summed E-state index contributed by atoms with van der Waals surface area (Å²) in [6.45, 7) is 4.02. The van der Waals surface area contributed by atoms with Crippen LogP contribution < -0.4 is 29.6 Å². The molecule has 0 saturated carbocycles. The third-order valence-electron chi connectivity index (χ3n) is 3.83. The molecule has 1 N–H and O–H groups in total. The van der Waals surface area contributed by atoms with Crippen LogP contribution in [0.3, 0.4) is 0 Å². The molecular formula is C15H31NaO4S. The monoisotopic (exact) mass is 330 g/mol. The second kappa shape index (κ2) is 14.5. The Hall–Kier alpha value is 0.870. The van der Waals surface area contributed by atoms with E-state index in [4.69, 9.17) is 0 Å². The Morgan fingerprint density at radius 2 is 1.43 bits per heavy atom. The van der Waals surface area contributed by atoms with Crippen LogP contribution in [-0.4, -0.2) is 29.4 Å². The molecule has 0 rings (SSSR count). The molecule has 2 atom stereocenters. The molecule has 0 aliphatic rings. The van der Waals surface area contributed by atoms with E-state index in [1.807, 2.05) is 6.92 Å². The second-order valence-electron chi connectivity index (χ2n) is 5.66. The standard InChI is InChI=1S/C15H32O4S.Na/c1-3-5-6-7-8-9-10-11-15(20(17,18)19)13-12-14(16)4-2;/h14-16H,3-13H2,1-2H3,(H,17,18,19);/q;+1/p-1. The first-order chi connectivity index (χ1) is 9.41. The van der Waals surface area contributed by atoms with Crippen LogP contribution in [0.1, 0.15) is 84.5 Å². The molecular weight excluding hydrogens is 299 g/mol. The van der Waals surface area contributed by atoms with Crippen LogP contribution in [0.5, 0.6) is 0 Å². The van der Waals surface area contributed by atoms with Crippen LogP contribution >= 0.6 is 0 Å². The number of unbranched alkanes of at least 4 members (excludes halogenated alkanes) is 6. The summed E-state index contributed by atoms with van der Waals surface area (Å²) in [7, 11) is -4.23. The minimum absolute atomic E-state index is 0. The molecule has 6 heteroatoms. The Balaban J connectivity index is 0. The molecule has 0 aliphatic carbocycles. The predicted molar refractivity (Wildman–Crippen MR) is 81.6 cm³/mol. The van der Waals surface area contributed by atoms with Crippen molar-refractivity contribution in [1.29, 1.82) is 0 Å². The van der Waals surface area contributed by atoms with E-state index in [1.54, 1.807) is 0 Å². The molecule has 0 spiro atoms. The van der Waals surface area contributed by atoms with Gasteiger partial charge in [0.15, 0.2) is 0 Å². The van der Waals surface area contributed by atoms with Gasteiger partial charge in [0.1, 0.15) is 0 Å². The normalized spacial score (nSPS) is 14.5. The Labute approximate surface area is 153 Å². The fraction of sp³-hybridized carbons (Fsp3) is 1.00. The van der Waals surface area contributed by atoms with E-state index < -0.39 is 21.5 Å². The van der Waals surface area contributed by atoms with Crippen molar-refractivity contribution in [2.24, 2.45) is 0 Å². The van der Waals surface area contributed by atoms with E-state index in [2.05, 4.69) is 6.92 Å². The van der Waals surface area contributed by atoms with Crippen molar-refractivity contribution in [3.05, 3.63) is 0 Å². The van der Waals surface area contributed by atoms with Crippen molar-refractivity contribution in [1.82, 2.24) is 0 Å². The summed E-state index contributed by atoms with van der Waals surface area (Å²) in [4.78, 5) is 0. The van der Waals surface area contributed by atoms with Crippen LogP contribution in [0, 0.1) is 0 Å². The summed E-state index contributed by atoms with van der Waals surface area (Å²) in [5, 5.41) is 8.65. The van der Waals surface area contributed by atoms with Gasteiger partial charge in [-0.2, -0.15) is 0 Å². The van der Waals surface area contributed by atoms with E-state index in [9.17, 15) is 18.1 Å². The summed E-state index contributed by atoms with van der Waals surface area (Å²) in [6.07, 6.45) is 9.04. The molecule has 0 fully saturated rings. The summed E-state index contributed by atoms with van der Waals surface area (Å²) in [5.41, 5.74) is 0. The average Bonchev–Trinajstić information content (AvgIpc) is 2.39. The van der Waals surface area contributed by atoms with Gasteiger partial charge in [-0.3, -0.25) is 0 Å². The molecule has 0 aliphatic heterocycles. The molecule has 0 aromatic rings. The summed E-state index contributed by atoms with van der Waals surface area (Å²) < 4.78 is 33.6. The van der Waals surface area contributed by atoms with E-state index in [0.717, 1.165) is 19.3 Å². The van der Waals surface area contributed by atoms with Gasteiger partial charge in [0.05, 0.1) is 16.2 Å². The summed E-state index contributed by atoms with van der Waals surface area (Å²) >= 11 is 0. The Morgan fingerprint density at radius 1 is 0.905 bits per heavy atom. The molecule has 0 aromatic carbocycles. The third kappa shape index (κ3) is 14.2. The Morgan fingerprint density at radius 3 is 1.90 bits per heavy atom. The number of hydrogen-bond donors (Lipinski definition) is 1. The van der Waals surface area contributed by atoms with Crippen molar-refractivity contribution < 1.29 is 47.6 Å². The van der Waals surface area contributed by atoms with Gasteiger partial charge in [0.25, 0.3) is 0 Å². The van der Waals surface area contributed by atoms with Gasteiger partial charge in [-0.1, -0.05) is 58.8 Å². The Bertz CT molecular complexity index is 320. The number of aliphatic hydroxyl groups is 1. The zero-order valence-corrected chi connectivity index (χ0v) is 16.8. The molecule has 0 saturated heterocycles. The quantitative estimate of drug-likeness (QED) is 0.305. The molecule has 0 amide bonds.